The van der Waals surface area contributed by atoms with Crippen LogP contribution in [0.5, 0.6) is 0 Å². The van der Waals surface area contributed by atoms with Crippen molar-refractivity contribution in [2.45, 2.75) is 32.9 Å². The summed E-state index contributed by atoms with van der Waals surface area (Å²) in [5.74, 6) is -0.327. The van der Waals surface area contributed by atoms with E-state index in [1.165, 1.54) is 0 Å². The van der Waals surface area contributed by atoms with Gasteiger partial charge in [0.25, 0.3) is 5.91 Å². The number of hydrogen-bond donors (Lipinski definition) is 3. The number of hydrogen-bond acceptors (Lipinski definition) is 4. The van der Waals surface area contributed by atoms with Gasteiger partial charge >= 0.3 is 0 Å². The Labute approximate surface area is 100 Å². The molecule has 1 aromatic heterocycles. The van der Waals surface area contributed by atoms with Crippen LogP contribution in [0.3, 0.4) is 0 Å². The lowest BCUT2D eigenvalue weighted by molar-refractivity contribution is 0.0869. The minimum Gasteiger partial charge on any atom is -0.394 e. The second-order valence-electron chi connectivity index (χ2n) is 3.73. The van der Waals surface area contributed by atoms with Gasteiger partial charge in [0.1, 0.15) is 5.69 Å². The molecule has 0 fully saturated rings. The summed E-state index contributed by atoms with van der Waals surface area (Å²) in [6.07, 6.45) is 0.761. The maximum Gasteiger partial charge on any atom is 0.269 e. The van der Waals surface area contributed by atoms with Gasteiger partial charge in [0.05, 0.1) is 24.9 Å². The Hall–Kier alpha value is -1.40. The first-order valence-electron chi connectivity index (χ1n) is 5.75. The zero-order chi connectivity index (χ0) is 12.8. The topological polar surface area (TPSA) is 87.4 Å². The van der Waals surface area contributed by atoms with E-state index in [-0.39, 0.29) is 19.1 Å². The molecule has 1 amide bonds. The van der Waals surface area contributed by atoms with Crippen LogP contribution < -0.4 is 5.32 Å². The SMILES string of the molecule is CCc1cc(C(=O)NC(CO)CO)n(CC)n1. The molecule has 0 aliphatic carbocycles. The number of aliphatic hydroxyl groups excluding tert-OH is 2. The molecule has 0 aliphatic heterocycles. The molecule has 0 radical (unpaired) electrons. The Morgan fingerprint density at radius 1 is 1.47 bits per heavy atom. The van der Waals surface area contributed by atoms with Gasteiger partial charge in [-0.2, -0.15) is 5.10 Å². The van der Waals surface area contributed by atoms with Crippen molar-refractivity contribution >= 4 is 5.91 Å². The van der Waals surface area contributed by atoms with E-state index in [9.17, 15) is 4.79 Å². The molecular formula is C11H19N3O3. The average molecular weight is 241 g/mol. The lowest BCUT2D eigenvalue weighted by atomic mass is 10.2. The van der Waals surface area contributed by atoms with Crippen LogP contribution in [0.4, 0.5) is 0 Å². The summed E-state index contributed by atoms with van der Waals surface area (Å²) in [7, 11) is 0. The van der Waals surface area contributed by atoms with Gasteiger partial charge in [-0.1, -0.05) is 6.92 Å². The van der Waals surface area contributed by atoms with Crippen molar-refractivity contribution in [1.29, 1.82) is 0 Å². The van der Waals surface area contributed by atoms with Gasteiger partial charge in [0.15, 0.2) is 0 Å². The van der Waals surface area contributed by atoms with Crippen molar-refractivity contribution in [3.8, 4) is 0 Å². The molecule has 0 spiro atoms. The predicted molar refractivity (Wildman–Crippen MR) is 62.7 cm³/mol. The summed E-state index contributed by atoms with van der Waals surface area (Å²) < 4.78 is 1.61. The fourth-order valence-corrected chi connectivity index (χ4v) is 1.48. The summed E-state index contributed by atoms with van der Waals surface area (Å²) in [6, 6.07) is 1.10. The van der Waals surface area contributed by atoms with Crippen LogP contribution in [0.15, 0.2) is 6.07 Å². The summed E-state index contributed by atoms with van der Waals surface area (Å²) >= 11 is 0. The molecule has 6 heteroatoms. The third-order valence-corrected chi connectivity index (χ3v) is 2.50. The second-order valence-corrected chi connectivity index (χ2v) is 3.73. The summed E-state index contributed by atoms with van der Waals surface area (Å²) in [5.41, 5.74) is 1.30. The molecule has 0 aliphatic rings. The molecule has 3 N–H and O–H groups in total. The molecule has 0 aromatic carbocycles. The van der Waals surface area contributed by atoms with Crippen molar-refractivity contribution in [2.75, 3.05) is 13.2 Å². The average Bonchev–Trinajstić information content (AvgIpc) is 2.78. The molecule has 1 heterocycles. The number of aryl methyl sites for hydroxylation is 2. The highest BCUT2D eigenvalue weighted by atomic mass is 16.3. The number of aromatic nitrogens is 2. The van der Waals surface area contributed by atoms with Gasteiger partial charge in [0, 0.05) is 6.54 Å². The molecule has 0 saturated carbocycles. The van der Waals surface area contributed by atoms with Gasteiger partial charge in [-0.05, 0) is 19.4 Å². The van der Waals surface area contributed by atoms with Gasteiger partial charge in [-0.15, -0.1) is 0 Å². The Morgan fingerprint density at radius 2 is 2.12 bits per heavy atom. The summed E-state index contributed by atoms with van der Waals surface area (Å²) in [5, 5.41) is 24.6. The maximum atomic E-state index is 11.9. The van der Waals surface area contributed by atoms with E-state index in [4.69, 9.17) is 10.2 Å². The van der Waals surface area contributed by atoms with E-state index in [2.05, 4.69) is 10.4 Å². The third-order valence-electron chi connectivity index (χ3n) is 2.50. The highest BCUT2D eigenvalue weighted by Gasteiger charge is 2.17. The summed E-state index contributed by atoms with van der Waals surface area (Å²) in [4.78, 5) is 11.9. The molecule has 6 nitrogen and oxygen atoms in total. The Balaban J connectivity index is 2.83. The molecule has 0 unspecified atom stereocenters. The normalized spacial score (nSPS) is 10.9. The lowest BCUT2D eigenvalue weighted by Gasteiger charge is -2.13. The van der Waals surface area contributed by atoms with E-state index >= 15 is 0 Å². The van der Waals surface area contributed by atoms with E-state index in [0.717, 1.165) is 12.1 Å². The number of nitrogens with zero attached hydrogens (tertiary/aromatic N) is 2. The quantitative estimate of drug-likeness (QED) is 0.629. The van der Waals surface area contributed by atoms with E-state index in [0.29, 0.717) is 12.2 Å². The first-order chi connectivity index (χ1) is 8.15. The van der Waals surface area contributed by atoms with Gasteiger partial charge in [-0.3, -0.25) is 9.48 Å². The van der Waals surface area contributed by atoms with Crippen molar-refractivity contribution < 1.29 is 15.0 Å². The highest BCUT2D eigenvalue weighted by molar-refractivity contribution is 5.92. The number of amides is 1. The van der Waals surface area contributed by atoms with Gasteiger partial charge < -0.3 is 15.5 Å². The van der Waals surface area contributed by atoms with Crippen LogP contribution >= 0.6 is 0 Å². The molecule has 1 rings (SSSR count). The minimum absolute atomic E-state index is 0.289. The fourth-order valence-electron chi connectivity index (χ4n) is 1.48. The van der Waals surface area contributed by atoms with Crippen molar-refractivity contribution in [3.63, 3.8) is 0 Å². The highest BCUT2D eigenvalue weighted by Crippen LogP contribution is 2.05. The molecule has 0 bridgehead atoms. The van der Waals surface area contributed by atoms with Crippen LogP contribution in [0.1, 0.15) is 30.0 Å². The Bertz CT molecular complexity index is 372. The van der Waals surface area contributed by atoms with Crippen LogP contribution in [0.25, 0.3) is 0 Å². The van der Waals surface area contributed by atoms with Crippen LogP contribution in [0.2, 0.25) is 0 Å². The number of rotatable bonds is 6. The maximum absolute atomic E-state index is 11.9. The standard InChI is InChI=1S/C11H19N3O3/c1-3-8-5-10(14(4-2)13-8)11(17)12-9(6-15)7-16/h5,9,15-16H,3-4,6-7H2,1-2H3,(H,12,17). The lowest BCUT2D eigenvalue weighted by Crippen LogP contribution is -2.40. The second kappa shape index (κ2) is 6.36. The van der Waals surface area contributed by atoms with E-state index in [1.54, 1.807) is 10.7 Å². The van der Waals surface area contributed by atoms with Crippen molar-refractivity contribution in [2.24, 2.45) is 0 Å². The molecule has 17 heavy (non-hydrogen) atoms. The van der Waals surface area contributed by atoms with Gasteiger partial charge in [0.2, 0.25) is 0 Å². The predicted octanol–water partition coefficient (Wildman–Crippen LogP) is -0.452. The Morgan fingerprint density at radius 3 is 2.59 bits per heavy atom. The molecule has 0 atom stereocenters. The molecule has 96 valence electrons. The van der Waals surface area contributed by atoms with Crippen LogP contribution in [-0.2, 0) is 13.0 Å². The zero-order valence-electron chi connectivity index (χ0n) is 10.2. The first kappa shape index (κ1) is 13.7. The van der Waals surface area contributed by atoms with E-state index < -0.39 is 6.04 Å². The monoisotopic (exact) mass is 241 g/mol. The molecule has 1 aromatic rings. The largest absolute Gasteiger partial charge is 0.394 e. The number of carbonyl (C=O) groups excluding carboxylic acids is 1. The third kappa shape index (κ3) is 3.28. The van der Waals surface area contributed by atoms with Crippen LogP contribution in [-0.4, -0.2) is 45.2 Å². The van der Waals surface area contributed by atoms with Crippen molar-refractivity contribution in [1.82, 2.24) is 15.1 Å². The van der Waals surface area contributed by atoms with E-state index in [1.807, 2.05) is 13.8 Å². The fraction of sp³-hybridized carbons (Fsp3) is 0.636. The Kier molecular flexibility index (Phi) is 5.11. The minimum atomic E-state index is -0.632. The van der Waals surface area contributed by atoms with Gasteiger partial charge in [-0.25, -0.2) is 0 Å². The number of carbonyl (C=O) groups is 1. The smallest absolute Gasteiger partial charge is 0.269 e. The van der Waals surface area contributed by atoms with Crippen LogP contribution in [0, 0.1) is 0 Å². The zero-order valence-corrected chi connectivity index (χ0v) is 10.2. The van der Waals surface area contributed by atoms with Crippen molar-refractivity contribution in [3.05, 3.63) is 17.5 Å². The first-order valence-corrected chi connectivity index (χ1v) is 5.75. The number of aliphatic hydroxyl groups is 2. The number of nitrogens with one attached hydrogen (secondary N) is 1. The summed E-state index contributed by atoms with van der Waals surface area (Å²) in [6.45, 7) is 3.89. The molecular weight excluding hydrogens is 222 g/mol. The molecule has 0 saturated heterocycles.